The van der Waals surface area contributed by atoms with Gasteiger partial charge >= 0.3 is 0 Å². The van der Waals surface area contributed by atoms with Crippen molar-refractivity contribution in [1.82, 2.24) is 4.90 Å². The third kappa shape index (κ3) is 3.45. The van der Waals surface area contributed by atoms with Gasteiger partial charge in [-0.2, -0.15) is 5.26 Å². The number of anilines is 1. The van der Waals surface area contributed by atoms with Crippen LogP contribution >= 0.6 is 0 Å². The van der Waals surface area contributed by atoms with Crippen molar-refractivity contribution in [3.05, 3.63) is 33.9 Å². The number of benzene rings is 1. The molecule has 0 aliphatic rings. The van der Waals surface area contributed by atoms with Gasteiger partial charge in [-0.3, -0.25) is 14.9 Å². The van der Waals surface area contributed by atoms with E-state index in [1.165, 1.54) is 23.1 Å². The number of hydrogen-bond acceptors (Lipinski definition) is 5. The second-order valence-electron chi connectivity index (χ2n) is 4.40. The molecule has 0 fully saturated rings. The molecule has 1 amide bonds. The summed E-state index contributed by atoms with van der Waals surface area (Å²) >= 11 is 0. The number of hydrogen-bond donors (Lipinski definition) is 1. The Kier molecular flexibility index (Phi) is 5.03. The number of nitrogens with zero attached hydrogens (tertiary/aromatic N) is 3. The van der Waals surface area contributed by atoms with E-state index < -0.39 is 4.92 Å². The van der Waals surface area contributed by atoms with Crippen molar-refractivity contribution >= 4 is 17.3 Å². The highest BCUT2D eigenvalue weighted by molar-refractivity contribution is 5.95. The van der Waals surface area contributed by atoms with Crippen molar-refractivity contribution in [1.29, 1.82) is 5.26 Å². The topological polar surface area (TPSA) is 113 Å². The summed E-state index contributed by atoms with van der Waals surface area (Å²) < 4.78 is 0. The number of nitro groups is 1. The van der Waals surface area contributed by atoms with Gasteiger partial charge in [0.15, 0.2) is 0 Å². The molecule has 0 heterocycles. The van der Waals surface area contributed by atoms with Crippen molar-refractivity contribution in [2.45, 2.75) is 13.8 Å². The Morgan fingerprint density at radius 3 is 2.70 bits per heavy atom. The molecule has 1 rings (SSSR count). The summed E-state index contributed by atoms with van der Waals surface area (Å²) in [6.07, 6.45) is 0. The normalized spacial score (nSPS) is 11.4. The van der Waals surface area contributed by atoms with Gasteiger partial charge in [-0.1, -0.05) is 0 Å². The van der Waals surface area contributed by atoms with E-state index in [4.69, 9.17) is 11.0 Å². The van der Waals surface area contributed by atoms with Crippen molar-refractivity contribution < 1.29 is 9.72 Å². The van der Waals surface area contributed by atoms with Crippen LogP contribution in [-0.4, -0.2) is 28.8 Å². The predicted molar refractivity (Wildman–Crippen MR) is 73.9 cm³/mol. The van der Waals surface area contributed by atoms with Crippen LogP contribution in [0.4, 0.5) is 11.4 Å². The molecule has 0 radical (unpaired) electrons. The number of carbonyl (C=O) groups is 1. The molecule has 106 valence electrons. The molecule has 2 N–H and O–H groups in total. The summed E-state index contributed by atoms with van der Waals surface area (Å²) in [7, 11) is 0. The van der Waals surface area contributed by atoms with Crippen LogP contribution in [0.1, 0.15) is 24.2 Å². The van der Waals surface area contributed by atoms with Crippen LogP contribution in [-0.2, 0) is 0 Å². The molecule has 0 aliphatic heterocycles. The first kappa shape index (κ1) is 15.4. The fourth-order valence-electron chi connectivity index (χ4n) is 1.76. The fraction of sp³-hybridized carbons (Fsp3) is 0.385. The third-order valence-corrected chi connectivity index (χ3v) is 2.85. The monoisotopic (exact) mass is 276 g/mol. The van der Waals surface area contributed by atoms with E-state index in [2.05, 4.69) is 6.07 Å². The molecule has 1 unspecified atom stereocenters. The van der Waals surface area contributed by atoms with Crippen molar-refractivity contribution in [2.75, 3.05) is 18.8 Å². The number of nitrogen functional groups attached to an aromatic ring is 1. The van der Waals surface area contributed by atoms with Crippen LogP contribution in [0.15, 0.2) is 18.2 Å². The second-order valence-corrected chi connectivity index (χ2v) is 4.40. The van der Waals surface area contributed by atoms with E-state index in [1.54, 1.807) is 13.8 Å². The van der Waals surface area contributed by atoms with Crippen LogP contribution in [0, 0.1) is 27.4 Å². The lowest BCUT2D eigenvalue weighted by atomic mass is 10.1. The smallest absolute Gasteiger partial charge is 0.292 e. The zero-order valence-corrected chi connectivity index (χ0v) is 11.4. The summed E-state index contributed by atoms with van der Waals surface area (Å²) in [4.78, 5) is 23.8. The largest absolute Gasteiger partial charge is 0.393 e. The van der Waals surface area contributed by atoms with E-state index in [-0.39, 0.29) is 28.8 Å². The maximum absolute atomic E-state index is 12.3. The summed E-state index contributed by atoms with van der Waals surface area (Å²) in [5.74, 6) is -0.578. The summed E-state index contributed by atoms with van der Waals surface area (Å²) in [5.41, 5.74) is 5.56. The molecular formula is C13H16N4O3. The molecule has 1 aromatic carbocycles. The average Bonchev–Trinajstić information content (AvgIpc) is 2.43. The number of nitrogens with two attached hydrogens (primary N) is 1. The Balaban J connectivity index is 2.99. The molecule has 7 nitrogen and oxygen atoms in total. The van der Waals surface area contributed by atoms with Crippen LogP contribution < -0.4 is 5.73 Å². The molecule has 1 aromatic rings. The van der Waals surface area contributed by atoms with Gasteiger partial charge in [0.25, 0.3) is 11.6 Å². The van der Waals surface area contributed by atoms with Crippen molar-refractivity contribution in [3.63, 3.8) is 0 Å². The maximum atomic E-state index is 12.3. The van der Waals surface area contributed by atoms with Gasteiger partial charge in [-0.05, 0) is 26.0 Å². The molecular weight excluding hydrogens is 260 g/mol. The lowest BCUT2D eigenvalue weighted by molar-refractivity contribution is -0.383. The quantitative estimate of drug-likeness (QED) is 0.500. The second kappa shape index (κ2) is 6.52. The first-order chi connectivity index (χ1) is 9.40. The van der Waals surface area contributed by atoms with E-state index in [0.29, 0.717) is 13.1 Å². The lowest BCUT2D eigenvalue weighted by Gasteiger charge is -2.22. The number of nitriles is 1. The Morgan fingerprint density at radius 1 is 1.60 bits per heavy atom. The highest BCUT2D eigenvalue weighted by Crippen LogP contribution is 2.22. The molecule has 0 saturated carbocycles. The number of nitro benzene ring substituents is 1. The van der Waals surface area contributed by atoms with E-state index in [0.717, 1.165) is 0 Å². The van der Waals surface area contributed by atoms with Crippen LogP contribution in [0.5, 0.6) is 0 Å². The van der Waals surface area contributed by atoms with Gasteiger partial charge in [0.2, 0.25) is 0 Å². The number of amides is 1. The van der Waals surface area contributed by atoms with Gasteiger partial charge in [-0.25, -0.2) is 0 Å². The lowest BCUT2D eigenvalue weighted by Crippen LogP contribution is -2.34. The Labute approximate surface area is 116 Å². The molecule has 1 atom stereocenters. The molecule has 0 bridgehead atoms. The van der Waals surface area contributed by atoms with Crippen LogP contribution in [0.25, 0.3) is 0 Å². The first-order valence-electron chi connectivity index (χ1n) is 6.13. The third-order valence-electron chi connectivity index (χ3n) is 2.85. The SMILES string of the molecule is CCN(CC(C)C#N)C(=O)c1ccc([N+](=O)[O-])c(N)c1. The number of carbonyl (C=O) groups excluding carboxylic acids is 1. The predicted octanol–water partition coefficient (Wildman–Crippen LogP) is 1.80. The van der Waals surface area contributed by atoms with Gasteiger partial charge in [0.1, 0.15) is 5.69 Å². The van der Waals surface area contributed by atoms with Crippen LogP contribution in [0.3, 0.4) is 0 Å². The summed E-state index contributed by atoms with van der Waals surface area (Å²) in [5, 5.41) is 19.5. The van der Waals surface area contributed by atoms with Gasteiger partial charge in [0, 0.05) is 24.7 Å². The molecule has 0 spiro atoms. The summed E-state index contributed by atoms with van der Waals surface area (Å²) in [6.45, 7) is 4.28. The Bertz CT molecular complexity index is 565. The van der Waals surface area contributed by atoms with Gasteiger partial charge in [-0.15, -0.1) is 0 Å². The minimum Gasteiger partial charge on any atom is -0.393 e. The zero-order chi connectivity index (χ0) is 15.3. The highest BCUT2D eigenvalue weighted by Gasteiger charge is 2.19. The average molecular weight is 276 g/mol. The summed E-state index contributed by atoms with van der Waals surface area (Å²) in [6, 6.07) is 5.94. The number of rotatable bonds is 5. The van der Waals surface area contributed by atoms with Gasteiger partial charge in [0.05, 0.1) is 16.9 Å². The van der Waals surface area contributed by atoms with E-state index >= 15 is 0 Å². The maximum Gasteiger partial charge on any atom is 0.292 e. The Morgan fingerprint density at radius 2 is 2.25 bits per heavy atom. The molecule has 20 heavy (non-hydrogen) atoms. The van der Waals surface area contributed by atoms with E-state index in [1.807, 2.05) is 0 Å². The standard InChI is InChI=1S/C13H16N4O3/c1-3-16(8-9(2)7-14)13(18)10-4-5-12(17(19)20)11(15)6-10/h4-6,9H,3,8,15H2,1-2H3. The molecule has 0 aromatic heterocycles. The Hall–Kier alpha value is -2.62. The molecule has 7 heteroatoms. The van der Waals surface area contributed by atoms with Gasteiger partial charge < -0.3 is 10.6 Å². The first-order valence-corrected chi connectivity index (χ1v) is 6.13. The fourth-order valence-corrected chi connectivity index (χ4v) is 1.76. The van der Waals surface area contributed by atoms with Crippen molar-refractivity contribution in [2.24, 2.45) is 5.92 Å². The zero-order valence-electron chi connectivity index (χ0n) is 11.4. The minimum atomic E-state index is -0.598. The highest BCUT2D eigenvalue weighted by atomic mass is 16.6. The van der Waals surface area contributed by atoms with E-state index in [9.17, 15) is 14.9 Å². The van der Waals surface area contributed by atoms with Crippen LogP contribution in [0.2, 0.25) is 0 Å². The van der Waals surface area contributed by atoms with Crippen molar-refractivity contribution in [3.8, 4) is 6.07 Å². The molecule has 0 aliphatic carbocycles. The molecule has 0 saturated heterocycles. The minimum absolute atomic E-state index is 0.0507.